The Morgan fingerprint density at radius 2 is 2.05 bits per heavy atom. The van der Waals surface area contributed by atoms with E-state index in [1.54, 1.807) is 7.11 Å². The van der Waals surface area contributed by atoms with Crippen LogP contribution in [0.15, 0.2) is 12.1 Å². The Morgan fingerprint density at radius 1 is 1.32 bits per heavy atom. The lowest BCUT2D eigenvalue weighted by molar-refractivity contribution is 0.265. The number of methoxy groups -OCH3 is 1. The minimum absolute atomic E-state index is 0.625. The molecule has 2 nitrogen and oxygen atoms in total. The lowest BCUT2D eigenvalue weighted by atomic mass is 10.1. The number of hydrogen-bond donors (Lipinski definition) is 0. The normalized spacial score (nSPS) is 15.7. The number of benzene rings is 1. The van der Waals surface area contributed by atoms with E-state index in [2.05, 4.69) is 15.9 Å². The van der Waals surface area contributed by atoms with E-state index in [9.17, 15) is 0 Å². The summed E-state index contributed by atoms with van der Waals surface area (Å²) in [5.74, 6) is 2.21. The van der Waals surface area contributed by atoms with Gasteiger partial charge in [-0.15, -0.1) is 0 Å². The van der Waals surface area contributed by atoms with Crippen molar-refractivity contribution in [1.29, 1.82) is 0 Å². The van der Waals surface area contributed by atoms with Crippen LogP contribution in [0.5, 0.6) is 11.5 Å². The van der Waals surface area contributed by atoms with E-state index in [4.69, 9.17) is 21.1 Å². The van der Waals surface area contributed by atoms with E-state index in [1.807, 2.05) is 12.1 Å². The zero-order valence-corrected chi connectivity index (χ0v) is 13.6. The summed E-state index contributed by atoms with van der Waals surface area (Å²) in [6, 6.07) is 3.88. The minimum Gasteiger partial charge on any atom is -0.493 e. The van der Waals surface area contributed by atoms with Crippen LogP contribution in [-0.4, -0.2) is 13.7 Å². The van der Waals surface area contributed by atoms with E-state index >= 15 is 0 Å². The SMILES string of the molecule is COc1cc(CBr)cc(Cl)c1OCCC1CCCC1. The first-order chi connectivity index (χ1) is 9.24. The van der Waals surface area contributed by atoms with Gasteiger partial charge in [-0.25, -0.2) is 0 Å². The van der Waals surface area contributed by atoms with Crippen LogP contribution in [0, 0.1) is 5.92 Å². The fourth-order valence-corrected chi connectivity index (χ4v) is 3.23. The number of alkyl halides is 1. The van der Waals surface area contributed by atoms with Crippen molar-refractivity contribution in [3.05, 3.63) is 22.7 Å². The van der Waals surface area contributed by atoms with Crippen LogP contribution < -0.4 is 9.47 Å². The highest BCUT2D eigenvalue weighted by molar-refractivity contribution is 9.08. The largest absolute Gasteiger partial charge is 0.493 e. The third-order valence-corrected chi connectivity index (χ3v) is 4.62. The van der Waals surface area contributed by atoms with Crippen LogP contribution >= 0.6 is 27.5 Å². The molecule has 0 spiro atoms. The van der Waals surface area contributed by atoms with Crippen molar-refractivity contribution in [3.63, 3.8) is 0 Å². The number of halogens is 2. The minimum atomic E-state index is 0.625. The van der Waals surface area contributed by atoms with Gasteiger partial charge in [0, 0.05) is 5.33 Å². The molecule has 4 heteroatoms. The lowest BCUT2D eigenvalue weighted by Crippen LogP contribution is -2.05. The molecule has 0 aliphatic heterocycles. The summed E-state index contributed by atoms with van der Waals surface area (Å²) in [5.41, 5.74) is 1.09. The fraction of sp³-hybridized carbons (Fsp3) is 0.600. The molecule has 0 saturated heterocycles. The van der Waals surface area contributed by atoms with E-state index in [0.29, 0.717) is 23.1 Å². The highest BCUT2D eigenvalue weighted by Crippen LogP contribution is 2.37. The van der Waals surface area contributed by atoms with Crippen LogP contribution in [0.2, 0.25) is 5.02 Å². The highest BCUT2D eigenvalue weighted by Gasteiger charge is 2.16. The molecule has 0 bridgehead atoms. The zero-order chi connectivity index (χ0) is 13.7. The summed E-state index contributed by atoms with van der Waals surface area (Å²) < 4.78 is 11.2. The van der Waals surface area contributed by atoms with Crippen LogP contribution in [0.3, 0.4) is 0 Å². The first kappa shape index (κ1) is 15.0. The van der Waals surface area contributed by atoms with Crippen molar-refractivity contribution in [2.24, 2.45) is 5.92 Å². The first-order valence-electron chi connectivity index (χ1n) is 6.79. The predicted molar refractivity (Wildman–Crippen MR) is 82.7 cm³/mol. The molecule has 1 saturated carbocycles. The third-order valence-electron chi connectivity index (χ3n) is 3.69. The van der Waals surface area contributed by atoms with E-state index in [0.717, 1.165) is 23.2 Å². The molecule has 1 aromatic rings. The summed E-state index contributed by atoms with van der Waals surface area (Å²) >= 11 is 9.68. The Kier molecular flexibility index (Phi) is 5.83. The van der Waals surface area contributed by atoms with Gasteiger partial charge in [0.1, 0.15) is 0 Å². The second-order valence-electron chi connectivity index (χ2n) is 5.03. The first-order valence-corrected chi connectivity index (χ1v) is 8.29. The van der Waals surface area contributed by atoms with Gasteiger partial charge in [0.15, 0.2) is 11.5 Å². The molecule has 1 aliphatic carbocycles. The Morgan fingerprint density at radius 3 is 2.68 bits per heavy atom. The molecule has 2 rings (SSSR count). The maximum Gasteiger partial charge on any atom is 0.179 e. The van der Waals surface area contributed by atoms with Crippen molar-refractivity contribution >= 4 is 27.5 Å². The maximum absolute atomic E-state index is 6.26. The molecular weight excluding hydrogens is 328 g/mol. The van der Waals surface area contributed by atoms with Crippen LogP contribution in [0.25, 0.3) is 0 Å². The highest BCUT2D eigenvalue weighted by atomic mass is 79.9. The van der Waals surface area contributed by atoms with Gasteiger partial charge in [-0.3, -0.25) is 0 Å². The Balaban J connectivity index is 1.98. The summed E-state index contributed by atoms with van der Waals surface area (Å²) in [7, 11) is 1.65. The topological polar surface area (TPSA) is 18.5 Å². The monoisotopic (exact) mass is 346 g/mol. The van der Waals surface area contributed by atoms with Crippen LogP contribution in [-0.2, 0) is 5.33 Å². The molecular formula is C15H20BrClO2. The average Bonchev–Trinajstić information content (AvgIpc) is 2.93. The van der Waals surface area contributed by atoms with Crippen molar-refractivity contribution in [2.45, 2.75) is 37.4 Å². The fourth-order valence-electron chi connectivity index (χ4n) is 2.62. The van der Waals surface area contributed by atoms with E-state index in [-0.39, 0.29) is 0 Å². The predicted octanol–water partition coefficient (Wildman–Crippen LogP) is 5.20. The molecule has 0 amide bonds. The summed E-state index contributed by atoms with van der Waals surface area (Å²) in [5, 5.41) is 1.38. The van der Waals surface area contributed by atoms with Crippen LogP contribution in [0.1, 0.15) is 37.7 Å². The molecule has 0 unspecified atom stereocenters. The van der Waals surface area contributed by atoms with Gasteiger partial charge in [0.2, 0.25) is 0 Å². The maximum atomic E-state index is 6.26. The Hall–Kier alpha value is -0.410. The van der Waals surface area contributed by atoms with Crippen molar-refractivity contribution < 1.29 is 9.47 Å². The van der Waals surface area contributed by atoms with Gasteiger partial charge >= 0.3 is 0 Å². The lowest BCUT2D eigenvalue weighted by Gasteiger charge is -2.15. The standard InChI is InChI=1S/C15H20BrClO2/c1-18-14-9-12(10-16)8-13(17)15(14)19-7-6-11-4-2-3-5-11/h8-9,11H,2-7,10H2,1H3. The molecule has 1 fully saturated rings. The van der Waals surface area contributed by atoms with Crippen molar-refractivity contribution in [3.8, 4) is 11.5 Å². The summed E-state index contributed by atoms with van der Waals surface area (Å²) in [4.78, 5) is 0. The molecule has 0 atom stereocenters. The molecule has 1 aromatic carbocycles. The number of hydrogen-bond acceptors (Lipinski definition) is 2. The Bertz CT molecular complexity index is 417. The summed E-state index contributed by atoms with van der Waals surface area (Å²) in [6.45, 7) is 0.717. The van der Waals surface area contributed by atoms with Gasteiger partial charge in [0.05, 0.1) is 18.7 Å². The third kappa shape index (κ3) is 4.03. The van der Waals surface area contributed by atoms with Crippen molar-refractivity contribution in [2.75, 3.05) is 13.7 Å². The number of ether oxygens (including phenoxy) is 2. The van der Waals surface area contributed by atoms with Gasteiger partial charge in [-0.1, -0.05) is 53.2 Å². The van der Waals surface area contributed by atoms with Gasteiger partial charge < -0.3 is 9.47 Å². The molecule has 106 valence electrons. The van der Waals surface area contributed by atoms with Gasteiger partial charge in [-0.05, 0) is 30.0 Å². The van der Waals surface area contributed by atoms with E-state index in [1.165, 1.54) is 25.7 Å². The van der Waals surface area contributed by atoms with E-state index < -0.39 is 0 Å². The van der Waals surface area contributed by atoms with Gasteiger partial charge in [-0.2, -0.15) is 0 Å². The smallest absolute Gasteiger partial charge is 0.179 e. The Labute approximate surface area is 128 Å². The van der Waals surface area contributed by atoms with Crippen molar-refractivity contribution in [1.82, 2.24) is 0 Å². The molecule has 0 heterocycles. The zero-order valence-electron chi connectivity index (χ0n) is 11.3. The second-order valence-corrected chi connectivity index (χ2v) is 6.00. The molecule has 0 aromatic heterocycles. The quantitative estimate of drug-likeness (QED) is 0.658. The number of rotatable bonds is 6. The average molecular weight is 348 g/mol. The molecule has 0 N–H and O–H groups in total. The second kappa shape index (κ2) is 7.39. The summed E-state index contributed by atoms with van der Waals surface area (Å²) in [6.07, 6.45) is 6.54. The van der Waals surface area contributed by atoms with Crippen LogP contribution in [0.4, 0.5) is 0 Å². The molecule has 0 radical (unpaired) electrons. The molecule has 19 heavy (non-hydrogen) atoms. The van der Waals surface area contributed by atoms with Gasteiger partial charge in [0.25, 0.3) is 0 Å². The molecule has 1 aliphatic rings.